The quantitative estimate of drug-likeness (QED) is 0.367. The van der Waals surface area contributed by atoms with Crippen molar-refractivity contribution >= 4 is 40.7 Å². The Kier molecular flexibility index (Phi) is 5.36. The number of carbonyl (C=O) groups is 1. The third-order valence-corrected chi connectivity index (χ3v) is 4.46. The van der Waals surface area contributed by atoms with Crippen LogP contribution in [0.15, 0.2) is 59.6 Å². The molecule has 6 heteroatoms. The van der Waals surface area contributed by atoms with E-state index in [1.807, 2.05) is 48.7 Å². The fraction of sp³-hybridized carbons (Fsp3) is 0.105. The van der Waals surface area contributed by atoms with Gasteiger partial charge in [-0.05, 0) is 31.4 Å². The summed E-state index contributed by atoms with van der Waals surface area (Å²) in [5.74, 6) is 0.959. The molecule has 0 radical (unpaired) electrons. The van der Waals surface area contributed by atoms with Gasteiger partial charge in [0.05, 0.1) is 5.56 Å². The lowest BCUT2D eigenvalue weighted by atomic mass is 10.1. The summed E-state index contributed by atoms with van der Waals surface area (Å²) in [6, 6.07) is 17.0. The fourth-order valence-electron chi connectivity index (χ4n) is 2.41. The van der Waals surface area contributed by atoms with Gasteiger partial charge in [0.15, 0.2) is 11.6 Å². The molecule has 0 spiro atoms. The molecule has 4 nitrogen and oxygen atoms in total. The number of carbonyl (C=O) groups excluding carboxylic acids is 1. The lowest BCUT2D eigenvalue weighted by Crippen LogP contribution is -2.08. The summed E-state index contributed by atoms with van der Waals surface area (Å²) < 4.78 is 0. The highest BCUT2D eigenvalue weighted by molar-refractivity contribution is 7.98. The number of anilines is 2. The average molecular weight is 370 g/mol. The third kappa shape index (κ3) is 4.00. The van der Waals surface area contributed by atoms with E-state index in [0.29, 0.717) is 27.3 Å². The molecule has 0 aliphatic heterocycles. The maximum atomic E-state index is 12.2. The van der Waals surface area contributed by atoms with Crippen molar-refractivity contribution in [1.82, 2.24) is 9.97 Å². The van der Waals surface area contributed by atoms with E-state index in [1.165, 1.54) is 18.7 Å². The summed E-state index contributed by atoms with van der Waals surface area (Å²) in [7, 11) is 0. The van der Waals surface area contributed by atoms with Crippen LogP contribution < -0.4 is 5.32 Å². The summed E-state index contributed by atoms with van der Waals surface area (Å²) in [6.45, 7) is 1.52. The number of nitrogens with one attached hydrogen (secondary N) is 1. The van der Waals surface area contributed by atoms with E-state index in [1.54, 1.807) is 12.1 Å². The lowest BCUT2D eigenvalue weighted by Gasteiger charge is -2.14. The smallest absolute Gasteiger partial charge is 0.166 e. The van der Waals surface area contributed by atoms with E-state index in [-0.39, 0.29) is 5.78 Å². The van der Waals surface area contributed by atoms with Crippen LogP contribution in [-0.4, -0.2) is 22.0 Å². The molecule has 0 unspecified atom stereocenters. The monoisotopic (exact) mass is 369 g/mol. The van der Waals surface area contributed by atoms with Crippen LogP contribution in [0.1, 0.15) is 17.3 Å². The van der Waals surface area contributed by atoms with Crippen LogP contribution in [0.25, 0.3) is 11.4 Å². The van der Waals surface area contributed by atoms with Crippen LogP contribution in [0.3, 0.4) is 0 Å². The van der Waals surface area contributed by atoms with Gasteiger partial charge in [-0.1, -0.05) is 48.0 Å². The Balaban J connectivity index is 2.14. The molecule has 0 atom stereocenters. The van der Waals surface area contributed by atoms with E-state index < -0.39 is 0 Å². The van der Waals surface area contributed by atoms with Gasteiger partial charge in [-0.2, -0.15) is 0 Å². The largest absolute Gasteiger partial charge is 0.339 e. The summed E-state index contributed by atoms with van der Waals surface area (Å²) in [4.78, 5) is 21.4. The first-order chi connectivity index (χ1) is 12.1. The molecule has 2 aromatic carbocycles. The standard InChI is InChI=1S/C19H16ClN3OS/c1-12(24)16-18(21-15-10-6-9-14(20)11-15)22-17(23-19(16)25-2)13-7-4-3-5-8-13/h3-11H,1-2H3,(H,21,22,23). The molecule has 0 amide bonds. The van der Waals surface area contributed by atoms with Crippen molar-refractivity contribution in [3.05, 3.63) is 65.2 Å². The highest BCUT2D eigenvalue weighted by Gasteiger charge is 2.19. The third-order valence-electron chi connectivity index (χ3n) is 3.54. The molecule has 0 aliphatic carbocycles. The van der Waals surface area contributed by atoms with Crippen molar-refractivity contribution in [3.8, 4) is 11.4 Å². The molecule has 1 aromatic heterocycles. The number of halogens is 1. The van der Waals surface area contributed by atoms with Crippen molar-refractivity contribution in [2.75, 3.05) is 11.6 Å². The molecular weight excluding hydrogens is 354 g/mol. The number of Topliss-reactive ketones (excluding diaryl/α,β-unsaturated/α-hetero) is 1. The van der Waals surface area contributed by atoms with Crippen LogP contribution in [0.4, 0.5) is 11.5 Å². The van der Waals surface area contributed by atoms with E-state index in [2.05, 4.69) is 15.3 Å². The molecule has 0 fully saturated rings. The van der Waals surface area contributed by atoms with E-state index in [9.17, 15) is 4.79 Å². The maximum absolute atomic E-state index is 12.2. The van der Waals surface area contributed by atoms with Crippen molar-refractivity contribution in [3.63, 3.8) is 0 Å². The fourth-order valence-corrected chi connectivity index (χ4v) is 3.23. The molecule has 3 rings (SSSR count). The Morgan fingerprint density at radius 2 is 1.84 bits per heavy atom. The number of hydrogen-bond acceptors (Lipinski definition) is 5. The second-order valence-electron chi connectivity index (χ2n) is 5.34. The average Bonchev–Trinajstić information content (AvgIpc) is 2.61. The number of hydrogen-bond donors (Lipinski definition) is 1. The summed E-state index contributed by atoms with van der Waals surface area (Å²) in [5, 5.41) is 4.46. The zero-order chi connectivity index (χ0) is 17.8. The summed E-state index contributed by atoms with van der Waals surface area (Å²) in [5.41, 5.74) is 2.13. The number of ketones is 1. The predicted octanol–water partition coefficient (Wildman–Crippen LogP) is 5.47. The van der Waals surface area contributed by atoms with Crippen LogP contribution in [0.5, 0.6) is 0 Å². The van der Waals surface area contributed by atoms with Gasteiger partial charge < -0.3 is 5.32 Å². The van der Waals surface area contributed by atoms with Gasteiger partial charge in [-0.25, -0.2) is 9.97 Å². The van der Waals surface area contributed by atoms with E-state index in [4.69, 9.17) is 11.6 Å². The van der Waals surface area contributed by atoms with Gasteiger partial charge in [-0.15, -0.1) is 11.8 Å². The highest BCUT2D eigenvalue weighted by atomic mass is 35.5. The number of thioether (sulfide) groups is 1. The molecule has 25 heavy (non-hydrogen) atoms. The SMILES string of the molecule is CSc1nc(-c2ccccc2)nc(Nc2cccc(Cl)c2)c1C(C)=O. The summed E-state index contributed by atoms with van der Waals surface area (Å²) >= 11 is 7.48. The number of nitrogens with zero attached hydrogens (tertiary/aromatic N) is 2. The van der Waals surface area contributed by atoms with Gasteiger partial charge in [0.1, 0.15) is 10.8 Å². The minimum absolute atomic E-state index is 0.0894. The minimum atomic E-state index is -0.0894. The van der Waals surface area contributed by atoms with Crippen molar-refractivity contribution < 1.29 is 4.79 Å². The molecule has 0 saturated carbocycles. The first-order valence-corrected chi connectivity index (χ1v) is 9.23. The molecule has 0 aliphatic rings. The molecule has 1 N–H and O–H groups in total. The molecule has 0 bridgehead atoms. The molecule has 0 saturated heterocycles. The van der Waals surface area contributed by atoms with Crippen molar-refractivity contribution in [2.45, 2.75) is 11.9 Å². The van der Waals surface area contributed by atoms with Gasteiger partial charge in [0.25, 0.3) is 0 Å². The van der Waals surface area contributed by atoms with E-state index >= 15 is 0 Å². The zero-order valence-corrected chi connectivity index (χ0v) is 15.4. The predicted molar refractivity (Wildman–Crippen MR) is 104 cm³/mol. The van der Waals surface area contributed by atoms with E-state index in [0.717, 1.165) is 11.3 Å². The Morgan fingerprint density at radius 3 is 2.48 bits per heavy atom. The Morgan fingerprint density at radius 1 is 1.08 bits per heavy atom. The van der Waals surface area contributed by atoms with Gasteiger partial charge in [0, 0.05) is 16.3 Å². The van der Waals surface area contributed by atoms with Crippen molar-refractivity contribution in [1.29, 1.82) is 0 Å². The Labute approximate surface area is 155 Å². The van der Waals surface area contributed by atoms with Crippen LogP contribution in [0, 0.1) is 0 Å². The molecular formula is C19H16ClN3OS. The molecule has 1 heterocycles. The number of benzene rings is 2. The number of aromatic nitrogens is 2. The van der Waals surface area contributed by atoms with Crippen LogP contribution >= 0.6 is 23.4 Å². The number of rotatable bonds is 5. The lowest BCUT2D eigenvalue weighted by molar-refractivity contribution is 0.101. The van der Waals surface area contributed by atoms with Gasteiger partial charge in [0.2, 0.25) is 0 Å². The maximum Gasteiger partial charge on any atom is 0.166 e. The van der Waals surface area contributed by atoms with Crippen LogP contribution in [0.2, 0.25) is 5.02 Å². The molecule has 3 aromatic rings. The van der Waals surface area contributed by atoms with Crippen molar-refractivity contribution in [2.24, 2.45) is 0 Å². The van der Waals surface area contributed by atoms with Gasteiger partial charge >= 0.3 is 0 Å². The first kappa shape index (κ1) is 17.5. The first-order valence-electron chi connectivity index (χ1n) is 7.63. The minimum Gasteiger partial charge on any atom is -0.339 e. The van der Waals surface area contributed by atoms with Crippen LogP contribution in [-0.2, 0) is 0 Å². The Bertz CT molecular complexity index is 916. The topological polar surface area (TPSA) is 54.9 Å². The molecule has 126 valence electrons. The second-order valence-corrected chi connectivity index (χ2v) is 6.57. The Hall–Kier alpha value is -2.37. The zero-order valence-electron chi connectivity index (χ0n) is 13.8. The highest BCUT2D eigenvalue weighted by Crippen LogP contribution is 2.30. The van der Waals surface area contributed by atoms with Gasteiger partial charge in [-0.3, -0.25) is 4.79 Å². The second kappa shape index (κ2) is 7.68. The normalized spacial score (nSPS) is 10.5. The summed E-state index contributed by atoms with van der Waals surface area (Å²) in [6.07, 6.45) is 1.90.